The van der Waals surface area contributed by atoms with Crippen LogP contribution >= 0.6 is 0 Å². The lowest BCUT2D eigenvalue weighted by Gasteiger charge is -2.38. The number of fused-ring (bicyclic) bond motifs is 15. The Labute approximate surface area is 444 Å². The molecule has 1 amide bonds. The first-order valence-electron chi connectivity index (χ1n) is 25.7. The molecular weight excluding hydrogens is 998 g/mol. The number of phenolic OH excluding ortho intramolecular Hbond substituents is 3. The first-order valence-corrected chi connectivity index (χ1v) is 25.7. The second kappa shape index (κ2) is 21.5. The van der Waals surface area contributed by atoms with Gasteiger partial charge in [0.2, 0.25) is 0 Å². The van der Waals surface area contributed by atoms with Gasteiger partial charge in [0, 0.05) is 98.9 Å². The van der Waals surface area contributed by atoms with Gasteiger partial charge in [-0.25, -0.2) is 4.39 Å². The van der Waals surface area contributed by atoms with E-state index in [1.807, 2.05) is 9.47 Å². The Bertz CT molecular complexity index is 3250. The summed E-state index contributed by atoms with van der Waals surface area (Å²) in [7, 11) is 3.07. The van der Waals surface area contributed by atoms with E-state index in [2.05, 4.69) is 17.0 Å². The number of aromatic hydroxyl groups is 3. The van der Waals surface area contributed by atoms with Crippen molar-refractivity contribution < 1.29 is 68.4 Å². The van der Waals surface area contributed by atoms with Crippen molar-refractivity contribution in [1.29, 1.82) is 0 Å². The van der Waals surface area contributed by atoms with Gasteiger partial charge in [0.05, 0.1) is 75.8 Å². The molecule has 1 saturated carbocycles. The summed E-state index contributed by atoms with van der Waals surface area (Å²) < 4.78 is 41.7. The van der Waals surface area contributed by atoms with Gasteiger partial charge in [-0.1, -0.05) is 52.5 Å². The zero-order chi connectivity index (χ0) is 56.3. The van der Waals surface area contributed by atoms with Crippen LogP contribution in [0.5, 0.6) is 23.0 Å². The minimum Gasteiger partial charge on any atom is -0.508 e. The number of esters is 1. The van der Waals surface area contributed by atoms with Crippen LogP contribution in [0.3, 0.4) is 0 Å². The van der Waals surface area contributed by atoms with Crippen LogP contribution in [0.1, 0.15) is 101 Å². The number of hydrazone groups is 1. The SMILES string of the molecule is C=C(O)c1cn(C2CC2)c2cc(N3CCC(N(C)/N=C\c4c5c(O)c6c(O)c(C)c7c(c6c4O)C(=O)[C@@](C)(O/C=C/[C@H](OC)[C@@H](C)[C@@H](OC(C)=O)[C@H](C)[C@H](O)[C@H](C)[C@@H](O)[C@@H](C)/C=C/C=C(/C)C(=O)N5)O7)C3)c(F)cc2c1=O. The molecule has 4 aliphatic heterocycles. The number of ether oxygens (including phenoxy) is 4. The van der Waals surface area contributed by atoms with E-state index in [9.17, 15) is 49.8 Å². The second-order valence-corrected chi connectivity index (χ2v) is 21.1. The van der Waals surface area contributed by atoms with Gasteiger partial charge < -0.3 is 64.4 Å². The number of carbonyl (C=O) groups excluding carboxylic acids is 3. The molecule has 19 nitrogen and oxygen atoms in total. The van der Waals surface area contributed by atoms with Crippen LogP contribution in [-0.4, -0.2) is 128 Å². The zero-order valence-corrected chi connectivity index (χ0v) is 44.8. The lowest BCUT2D eigenvalue weighted by Crippen LogP contribution is -2.46. The number of aliphatic hydroxyl groups excluding tert-OH is 3. The number of Topliss-reactive ketones (excluding diaryl/α,β-unsaturated/α-hetero) is 1. The molecule has 2 fully saturated rings. The van der Waals surface area contributed by atoms with Gasteiger partial charge >= 0.3 is 11.8 Å². The van der Waals surface area contributed by atoms with Gasteiger partial charge in [-0.2, -0.15) is 5.10 Å². The van der Waals surface area contributed by atoms with Crippen LogP contribution in [0.15, 0.2) is 70.9 Å². The van der Waals surface area contributed by atoms with Crippen molar-refractivity contribution in [2.45, 2.75) is 117 Å². The van der Waals surface area contributed by atoms with E-state index < -0.39 is 111 Å². The fraction of sp³-hybridized carbons (Fsp3) is 0.456. The van der Waals surface area contributed by atoms with Crippen LogP contribution in [0.4, 0.5) is 15.8 Å². The number of hydrogen-bond donors (Lipinski definition) is 7. The monoisotopic (exact) mass is 1070 g/mol. The fourth-order valence-electron chi connectivity index (χ4n) is 10.8. The Hall–Kier alpha value is -7.42. The van der Waals surface area contributed by atoms with Crippen molar-refractivity contribution in [3.63, 3.8) is 0 Å². The molecule has 1 saturated heterocycles. The Kier molecular flexibility index (Phi) is 15.6. The van der Waals surface area contributed by atoms with Gasteiger partial charge in [-0.05, 0) is 51.3 Å². The first-order chi connectivity index (χ1) is 36.3. The number of amides is 1. The lowest BCUT2D eigenvalue weighted by atomic mass is 9.78. The minimum atomic E-state index is -2.13. The highest BCUT2D eigenvalue weighted by Gasteiger charge is 2.50. The number of methoxy groups -OCH3 is 1. The molecule has 1 aliphatic carbocycles. The van der Waals surface area contributed by atoms with Crippen molar-refractivity contribution in [2.75, 3.05) is 37.5 Å². The third kappa shape index (κ3) is 10.3. The van der Waals surface area contributed by atoms with Gasteiger partial charge in [-0.15, -0.1) is 0 Å². The number of aromatic nitrogens is 1. The Morgan fingerprint density at radius 3 is 2.34 bits per heavy atom. The molecule has 0 spiro atoms. The van der Waals surface area contributed by atoms with Crippen LogP contribution in [0.2, 0.25) is 0 Å². The molecule has 20 heteroatoms. The molecule has 10 atom stereocenters. The molecule has 77 heavy (non-hydrogen) atoms. The van der Waals surface area contributed by atoms with Gasteiger partial charge in [0.1, 0.15) is 34.9 Å². The van der Waals surface area contributed by atoms with E-state index in [4.69, 9.17) is 18.9 Å². The number of anilines is 2. The molecule has 5 bridgehead atoms. The number of carbonyl (C=O) groups is 3. The summed E-state index contributed by atoms with van der Waals surface area (Å²) in [5.74, 6) is -10.2. The number of ketones is 1. The number of benzene rings is 3. The number of nitrogens with zero attached hydrogens (tertiary/aromatic N) is 4. The number of phenols is 3. The average molecular weight is 1070 g/mol. The van der Waals surface area contributed by atoms with Gasteiger partial charge in [-0.3, -0.25) is 24.2 Å². The molecule has 1 unspecified atom stereocenters. The summed E-state index contributed by atoms with van der Waals surface area (Å²) in [5.41, 5.74) is -0.564. The molecular formula is C57H68FN5O14. The molecule has 5 heterocycles. The Morgan fingerprint density at radius 1 is 0.987 bits per heavy atom. The smallest absolute Gasteiger partial charge is 0.312 e. The number of pyridine rings is 1. The summed E-state index contributed by atoms with van der Waals surface area (Å²) in [6, 6.07) is 2.53. The fourth-order valence-corrected chi connectivity index (χ4v) is 10.8. The van der Waals surface area contributed by atoms with E-state index in [1.54, 1.807) is 64.2 Å². The zero-order valence-electron chi connectivity index (χ0n) is 44.8. The highest BCUT2D eigenvalue weighted by molar-refractivity contribution is 6.24. The standard InChI is InChI=1S/C57H68FN5O14/c1-26-13-12-14-27(2)56(73)60-46-37(23-59-61(10)35-17-19-62(24-35)41-22-40-36(21-39(41)58)50(69)38(32(7)64)25-63(40)34-15-16-34)51(70)43-44(52(46)71)49(68)31(6)54-45(43)55(72)57(9,77-54)75-20-18-42(74-11)28(3)53(76-33(8)65)30(5)48(67)29(4)47(26)66/h12-14,18,20-23,25-26,28-30,34-35,42,47-48,53,64,66-68,70-71H,7,15-17,19,24H2,1-6,8-11H3,(H,60,73)/b13-12+,20-18+,27-14-,59-23-/t26-,28+,29+,30+,35?,42-,47-,48+,53+,57-/m0/s1. The van der Waals surface area contributed by atoms with Gasteiger partial charge in [0.15, 0.2) is 11.2 Å². The van der Waals surface area contributed by atoms with E-state index in [0.29, 0.717) is 18.5 Å². The number of hydrogen-bond acceptors (Lipinski definition) is 17. The summed E-state index contributed by atoms with van der Waals surface area (Å²) in [6.45, 7) is 16.5. The molecule has 3 aromatic carbocycles. The van der Waals surface area contributed by atoms with Crippen LogP contribution < -0.4 is 20.4 Å². The molecule has 412 valence electrons. The topological polar surface area (TPSA) is 262 Å². The van der Waals surface area contributed by atoms with Crippen molar-refractivity contribution in [3.8, 4) is 23.0 Å². The molecule has 0 radical (unpaired) electrons. The van der Waals surface area contributed by atoms with E-state index in [1.165, 1.54) is 65.5 Å². The Balaban J connectivity index is 1.19. The number of halogens is 1. The number of likely N-dealkylation sites (N-methyl/N-ethyl adjacent to an activating group) is 1. The molecule has 1 aromatic heterocycles. The van der Waals surface area contributed by atoms with Crippen molar-refractivity contribution in [3.05, 3.63) is 99.3 Å². The maximum absolute atomic E-state index is 16.0. The number of allylic oxidation sites excluding steroid dienone is 2. The Morgan fingerprint density at radius 2 is 1.69 bits per heavy atom. The summed E-state index contributed by atoms with van der Waals surface area (Å²) in [6.07, 6.45) is 8.14. The van der Waals surface area contributed by atoms with E-state index in [-0.39, 0.29) is 74.4 Å². The third-order valence-electron chi connectivity index (χ3n) is 15.8. The molecule has 7 N–H and O–H groups in total. The quantitative estimate of drug-likeness (QED) is 0.0224. The van der Waals surface area contributed by atoms with E-state index in [0.717, 1.165) is 12.8 Å². The summed E-state index contributed by atoms with van der Waals surface area (Å²) >= 11 is 0. The molecule has 9 rings (SSSR count). The number of nitrogens with one attached hydrogen (secondary N) is 1. The summed E-state index contributed by atoms with van der Waals surface area (Å²) in [4.78, 5) is 56.4. The molecule has 4 aromatic rings. The lowest BCUT2D eigenvalue weighted by molar-refractivity contribution is -0.160. The normalized spacial score (nSPS) is 28.8. The minimum absolute atomic E-state index is 0.00129. The second-order valence-electron chi connectivity index (χ2n) is 21.1. The largest absolute Gasteiger partial charge is 0.508 e. The van der Waals surface area contributed by atoms with Crippen molar-refractivity contribution in [2.24, 2.45) is 28.8 Å². The van der Waals surface area contributed by atoms with Crippen molar-refractivity contribution in [1.82, 2.24) is 9.58 Å². The van der Waals surface area contributed by atoms with Crippen LogP contribution in [0, 0.1) is 36.4 Å². The molecule has 5 aliphatic rings. The first kappa shape index (κ1) is 55.8. The maximum atomic E-state index is 16.0. The number of aliphatic hydroxyl groups is 3. The number of rotatable bonds is 8. The average Bonchev–Trinajstić information content (AvgIpc) is 4.09. The van der Waals surface area contributed by atoms with Crippen LogP contribution in [-0.2, 0) is 23.8 Å². The maximum Gasteiger partial charge on any atom is 0.312 e. The van der Waals surface area contributed by atoms with Crippen molar-refractivity contribution >= 4 is 62.7 Å². The van der Waals surface area contributed by atoms with E-state index >= 15 is 4.39 Å². The predicted octanol–water partition coefficient (Wildman–Crippen LogP) is 7.62. The highest BCUT2D eigenvalue weighted by Crippen LogP contribution is 2.55. The highest BCUT2D eigenvalue weighted by atomic mass is 19.1. The van der Waals surface area contributed by atoms with Gasteiger partial charge in [0.25, 0.3) is 11.7 Å². The summed E-state index contributed by atoms with van der Waals surface area (Å²) in [5, 5.41) is 78.0. The van der Waals surface area contributed by atoms with Crippen LogP contribution in [0.25, 0.3) is 27.4 Å². The third-order valence-corrected chi connectivity index (χ3v) is 15.8. The predicted molar refractivity (Wildman–Crippen MR) is 288 cm³/mol.